The minimum atomic E-state index is -5.92. The van der Waals surface area contributed by atoms with Gasteiger partial charge in [-0.15, -0.1) is 0 Å². The minimum Gasteiger partial charge on any atom is -0.393 e. The first-order valence-corrected chi connectivity index (χ1v) is 15.5. The number of rotatable bonds is 9. The molecule has 2 unspecified atom stereocenters. The van der Waals surface area contributed by atoms with E-state index >= 15 is 0 Å². The molecule has 0 bridgehead atoms. The van der Waals surface area contributed by atoms with Crippen LogP contribution in [0.15, 0.2) is 35.5 Å². The van der Waals surface area contributed by atoms with Crippen molar-refractivity contribution in [3.8, 4) is 0 Å². The van der Waals surface area contributed by atoms with Crippen molar-refractivity contribution in [2.45, 2.75) is 141 Å². The Labute approximate surface area is 251 Å². The standard InChI is InChI=1S/C33H49F7O3/c1-21-23(19-24(41)20-26(21)34)11-10-22-9-6-17-30(5)25(22)12-13-27(30)29(4,15-7-14-28(2,3)42)16-8-18-31(43,32(35,36)37)33(38,39)40/h8,10-11,18,21,24-27,41-43H,6-7,9,12-17,19-20H2,1-5H3/b18-8+,22-10+,23-11-/t21?,24-,25?,26+,27-,29+,30+/m1/s1. The summed E-state index contributed by atoms with van der Waals surface area (Å²) in [6.45, 7) is 9.22. The van der Waals surface area contributed by atoms with Crippen LogP contribution in [-0.2, 0) is 0 Å². The van der Waals surface area contributed by atoms with Crippen molar-refractivity contribution in [2.75, 3.05) is 0 Å². The second-order valence-electron chi connectivity index (χ2n) is 14.6. The Morgan fingerprint density at radius 3 is 2.12 bits per heavy atom. The zero-order valence-corrected chi connectivity index (χ0v) is 26.0. The molecule has 0 amide bonds. The highest BCUT2D eigenvalue weighted by atomic mass is 19.4. The zero-order valence-electron chi connectivity index (χ0n) is 26.0. The molecule has 3 aliphatic rings. The molecule has 3 fully saturated rings. The second-order valence-corrected chi connectivity index (χ2v) is 14.6. The van der Waals surface area contributed by atoms with Gasteiger partial charge in [0.1, 0.15) is 6.17 Å². The summed E-state index contributed by atoms with van der Waals surface area (Å²) in [6, 6.07) is 0. The number of hydrogen-bond donors (Lipinski definition) is 3. The third kappa shape index (κ3) is 7.89. The lowest BCUT2D eigenvalue weighted by atomic mass is 9.55. The quantitative estimate of drug-likeness (QED) is 0.177. The Balaban J connectivity index is 1.93. The van der Waals surface area contributed by atoms with E-state index in [1.165, 1.54) is 5.57 Å². The van der Waals surface area contributed by atoms with Crippen LogP contribution in [0.25, 0.3) is 0 Å². The molecule has 0 aromatic carbocycles. The summed E-state index contributed by atoms with van der Waals surface area (Å²) in [4.78, 5) is 0. The Kier molecular flexibility index (Phi) is 10.7. The Bertz CT molecular complexity index is 1040. The highest BCUT2D eigenvalue weighted by Crippen LogP contribution is 2.64. The molecule has 0 heterocycles. The topological polar surface area (TPSA) is 60.7 Å². The van der Waals surface area contributed by atoms with Gasteiger partial charge >= 0.3 is 12.4 Å². The van der Waals surface area contributed by atoms with Gasteiger partial charge < -0.3 is 15.3 Å². The van der Waals surface area contributed by atoms with Crippen molar-refractivity contribution in [1.29, 1.82) is 0 Å². The molecule has 7 atom stereocenters. The zero-order chi connectivity index (χ0) is 32.6. The first-order chi connectivity index (χ1) is 19.5. The van der Waals surface area contributed by atoms with Gasteiger partial charge in [0.25, 0.3) is 5.60 Å². The van der Waals surface area contributed by atoms with Crippen LogP contribution in [0.3, 0.4) is 0 Å². The molecule has 10 heteroatoms. The lowest BCUT2D eigenvalue weighted by Gasteiger charge is -2.49. The maximum atomic E-state index is 14.4. The molecule has 0 saturated heterocycles. The van der Waals surface area contributed by atoms with Crippen LogP contribution in [-0.4, -0.2) is 51.1 Å². The van der Waals surface area contributed by atoms with Crippen molar-refractivity contribution < 1.29 is 46.1 Å². The molecule has 3 nitrogen and oxygen atoms in total. The predicted molar refractivity (Wildman–Crippen MR) is 153 cm³/mol. The third-order valence-corrected chi connectivity index (χ3v) is 10.8. The SMILES string of the molecule is CC1/C(=C\C=C2/CCC[C@@]3(C)C2CC[C@@H]3[C@](C)(C/C=C/C(O)(C(F)(F)F)C(F)(F)F)CCCC(C)(C)O)C[C@@H](O)C[C@@H]1F. The molecular weight excluding hydrogens is 577 g/mol. The molecule has 0 aromatic heterocycles. The van der Waals surface area contributed by atoms with Gasteiger partial charge in [-0.3, -0.25) is 0 Å². The van der Waals surface area contributed by atoms with E-state index in [0.29, 0.717) is 25.7 Å². The van der Waals surface area contributed by atoms with Crippen molar-refractivity contribution in [2.24, 2.45) is 28.6 Å². The van der Waals surface area contributed by atoms with Gasteiger partial charge in [0.05, 0.1) is 11.7 Å². The number of hydrogen-bond acceptors (Lipinski definition) is 3. The van der Waals surface area contributed by atoms with Gasteiger partial charge in [0.2, 0.25) is 0 Å². The van der Waals surface area contributed by atoms with Gasteiger partial charge in [-0.05, 0) is 100 Å². The van der Waals surface area contributed by atoms with Crippen LogP contribution in [0.1, 0.15) is 105 Å². The van der Waals surface area contributed by atoms with E-state index in [-0.39, 0.29) is 42.1 Å². The summed E-state index contributed by atoms with van der Waals surface area (Å²) >= 11 is 0. The fraction of sp³-hybridized carbons (Fsp3) is 0.818. The fourth-order valence-corrected chi connectivity index (χ4v) is 8.25. The van der Waals surface area contributed by atoms with E-state index in [2.05, 4.69) is 13.0 Å². The number of aliphatic hydroxyl groups is 3. The van der Waals surface area contributed by atoms with Crippen LogP contribution in [0, 0.1) is 28.6 Å². The summed E-state index contributed by atoms with van der Waals surface area (Å²) in [7, 11) is 0. The van der Waals surface area contributed by atoms with E-state index in [9.17, 15) is 46.1 Å². The monoisotopic (exact) mass is 626 g/mol. The molecular formula is C33H49F7O3. The molecule has 3 N–H and O–H groups in total. The summed E-state index contributed by atoms with van der Waals surface area (Å²) in [6.07, 6.45) is -2.92. The van der Waals surface area contributed by atoms with E-state index in [0.717, 1.165) is 43.8 Å². The molecule has 248 valence electrons. The van der Waals surface area contributed by atoms with Gasteiger partial charge in [0.15, 0.2) is 0 Å². The second kappa shape index (κ2) is 12.8. The molecule has 3 rings (SSSR count). The van der Waals surface area contributed by atoms with E-state index in [4.69, 9.17) is 0 Å². The van der Waals surface area contributed by atoms with Crippen molar-refractivity contribution >= 4 is 0 Å². The third-order valence-electron chi connectivity index (χ3n) is 10.8. The van der Waals surface area contributed by atoms with E-state index in [1.807, 2.05) is 19.9 Å². The summed E-state index contributed by atoms with van der Waals surface area (Å²) < 4.78 is 94.6. The molecule has 3 saturated carbocycles. The van der Waals surface area contributed by atoms with Crippen LogP contribution in [0.4, 0.5) is 30.7 Å². The largest absolute Gasteiger partial charge is 0.429 e. The lowest BCUT2D eigenvalue weighted by Crippen LogP contribution is -2.55. The lowest BCUT2D eigenvalue weighted by molar-refractivity contribution is -0.347. The number of aliphatic hydroxyl groups excluding tert-OH is 1. The molecule has 0 aliphatic heterocycles. The normalized spacial score (nSPS) is 34.6. The highest BCUT2D eigenvalue weighted by molar-refractivity contribution is 5.28. The van der Waals surface area contributed by atoms with Crippen molar-refractivity contribution in [1.82, 2.24) is 0 Å². The van der Waals surface area contributed by atoms with Crippen LogP contribution in [0.5, 0.6) is 0 Å². The number of alkyl halides is 7. The Hall–Kier alpha value is -1.39. The maximum Gasteiger partial charge on any atom is 0.429 e. The van der Waals surface area contributed by atoms with Crippen LogP contribution >= 0.6 is 0 Å². The molecule has 0 radical (unpaired) electrons. The van der Waals surface area contributed by atoms with Crippen molar-refractivity contribution in [3.05, 3.63) is 35.5 Å². The van der Waals surface area contributed by atoms with E-state index < -0.39 is 41.2 Å². The van der Waals surface area contributed by atoms with Gasteiger partial charge in [0, 0.05) is 12.3 Å². The van der Waals surface area contributed by atoms with Gasteiger partial charge in [-0.25, -0.2) is 4.39 Å². The molecule has 0 aromatic rings. The highest BCUT2D eigenvalue weighted by Gasteiger charge is 2.69. The number of allylic oxidation sites excluding steroid dienone is 4. The van der Waals surface area contributed by atoms with Crippen molar-refractivity contribution in [3.63, 3.8) is 0 Å². The average Bonchev–Trinajstić information content (AvgIpc) is 3.21. The predicted octanol–water partition coefficient (Wildman–Crippen LogP) is 8.93. The number of fused-ring (bicyclic) bond motifs is 1. The minimum absolute atomic E-state index is 0.0247. The van der Waals surface area contributed by atoms with Crippen LogP contribution < -0.4 is 0 Å². The fourth-order valence-electron chi connectivity index (χ4n) is 8.25. The van der Waals surface area contributed by atoms with Gasteiger partial charge in [-0.2, -0.15) is 26.3 Å². The first kappa shape index (κ1) is 36.1. The summed E-state index contributed by atoms with van der Waals surface area (Å²) in [5.41, 5.74) is -4.78. The molecule has 0 spiro atoms. The average molecular weight is 627 g/mol. The molecule has 3 aliphatic carbocycles. The van der Waals surface area contributed by atoms with Crippen LogP contribution in [0.2, 0.25) is 0 Å². The number of halogens is 7. The smallest absolute Gasteiger partial charge is 0.393 e. The van der Waals surface area contributed by atoms with E-state index in [1.54, 1.807) is 13.8 Å². The first-order valence-electron chi connectivity index (χ1n) is 15.5. The Morgan fingerprint density at radius 2 is 1.53 bits per heavy atom. The maximum absolute atomic E-state index is 14.4. The summed E-state index contributed by atoms with van der Waals surface area (Å²) in [5, 5.41) is 30.1. The Morgan fingerprint density at radius 1 is 0.930 bits per heavy atom. The molecule has 43 heavy (non-hydrogen) atoms. The van der Waals surface area contributed by atoms with Gasteiger partial charge in [-0.1, -0.05) is 56.6 Å². The summed E-state index contributed by atoms with van der Waals surface area (Å²) in [5.74, 6) is -0.152.